The van der Waals surface area contributed by atoms with Gasteiger partial charge in [0, 0.05) is 6.54 Å². The summed E-state index contributed by atoms with van der Waals surface area (Å²) in [5.74, 6) is 7.06. The van der Waals surface area contributed by atoms with Gasteiger partial charge in [0.15, 0.2) is 0 Å². The average Bonchev–Trinajstić information content (AvgIpc) is 2.19. The second-order valence-corrected chi connectivity index (χ2v) is 4.73. The highest BCUT2D eigenvalue weighted by Gasteiger charge is 2.20. The third-order valence-electron chi connectivity index (χ3n) is 3.37. The third-order valence-corrected chi connectivity index (χ3v) is 3.37. The second kappa shape index (κ2) is 6.38. The van der Waals surface area contributed by atoms with E-state index in [0.717, 1.165) is 18.4 Å². The van der Waals surface area contributed by atoms with Crippen LogP contribution in [-0.4, -0.2) is 31.1 Å². The van der Waals surface area contributed by atoms with Gasteiger partial charge < -0.3 is 4.90 Å². The Labute approximate surface area is 88.0 Å². The van der Waals surface area contributed by atoms with E-state index in [1.54, 1.807) is 0 Å². The summed E-state index contributed by atoms with van der Waals surface area (Å²) in [6.07, 6.45) is 3.93. The summed E-state index contributed by atoms with van der Waals surface area (Å²) in [5.41, 5.74) is 2.71. The number of piperidine rings is 1. The molecule has 14 heavy (non-hydrogen) atoms. The van der Waals surface area contributed by atoms with Crippen LogP contribution in [0.4, 0.5) is 0 Å². The van der Waals surface area contributed by atoms with Crippen molar-refractivity contribution in [2.75, 3.05) is 26.2 Å². The molecule has 3 heteroatoms. The summed E-state index contributed by atoms with van der Waals surface area (Å²) in [6.45, 7) is 9.40. The van der Waals surface area contributed by atoms with Crippen LogP contribution < -0.4 is 11.3 Å². The second-order valence-electron chi connectivity index (χ2n) is 4.73. The predicted molar refractivity (Wildman–Crippen MR) is 60.8 cm³/mol. The SMILES string of the molecule is CC(C)C1CCN(CCCNN)CC1. The molecule has 0 aromatic heterocycles. The average molecular weight is 199 g/mol. The number of hydrogen-bond donors (Lipinski definition) is 2. The summed E-state index contributed by atoms with van der Waals surface area (Å²) in [6, 6.07) is 0. The number of likely N-dealkylation sites (tertiary alicyclic amines) is 1. The Hall–Kier alpha value is -0.120. The maximum absolute atomic E-state index is 5.24. The minimum atomic E-state index is 0.864. The minimum absolute atomic E-state index is 0.864. The molecule has 0 aliphatic carbocycles. The molecule has 3 N–H and O–H groups in total. The highest BCUT2D eigenvalue weighted by atomic mass is 15.2. The van der Waals surface area contributed by atoms with E-state index >= 15 is 0 Å². The van der Waals surface area contributed by atoms with Crippen molar-refractivity contribution in [1.29, 1.82) is 0 Å². The molecule has 0 unspecified atom stereocenters. The molecule has 84 valence electrons. The van der Waals surface area contributed by atoms with Crippen LogP contribution in [0, 0.1) is 11.8 Å². The molecule has 1 fully saturated rings. The van der Waals surface area contributed by atoms with Gasteiger partial charge in [0.2, 0.25) is 0 Å². The largest absolute Gasteiger partial charge is 0.303 e. The predicted octanol–water partition coefficient (Wildman–Crippen LogP) is 1.21. The smallest absolute Gasteiger partial charge is 0.0110 e. The Morgan fingerprint density at radius 1 is 1.36 bits per heavy atom. The first-order chi connectivity index (χ1) is 6.74. The molecule has 1 aliphatic rings. The zero-order valence-electron chi connectivity index (χ0n) is 9.63. The van der Waals surface area contributed by atoms with E-state index in [1.807, 2.05) is 0 Å². The molecule has 1 saturated heterocycles. The number of hydrogen-bond acceptors (Lipinski definition) is 3. The Bertz CT molecular complexity index is 139. The van der Waals surface area contributed by atoms with Crippen LogP contribution in [0.1, 0.15) is 33.1 Å². The summed E-state index contributed by atoms with van der Waals surface area (Å²) in [5, 5.41) is 0. The summed E-state index contributed by atoms with van der Waals surface area (Å²) < 4.78 is 0. The first-order valence-corrected chi connectivity index (χ1v) is 5.90. The van der Waals surface area contributed by atoms with E-state index in [9.17, 15) is 0 Å². The summed E-state index contributed by atoms with van der Waals surface area (Å²) >= 11 is 0. The molecular weight excluding hydrogens is 174 g/mol. The normalized spacial score (nSPS) is 20.6. The van der Waals surface area contributed by atoms with Gasteiger partial charge in [-0.3, -0.25) is 11.3 Å². The van der Waals surface area contributed by atoms with E-state index in [0.29, 0.717) is 0 Å². The van der Waals surface area contributed by atoms with Gasteiger partial charge in [-0.25, -0.2) is 0 Å². The van der Waals surface area contributed by atoms with Crippen molar-refractivity contribution in [3.8, 4) is 0 Å². The molecule has 0 aromatic carbocycles. The fraction of sp³-hybridized carbons (Fsp3) is 1.00. The Morgan fingerprint density at radius 3 is 2.50 bits per heavy atom. The van der Waals surface area contributed by atoms with Crippen molar-refractivity contribution >= 4 is 0 Å². The van der Waals surface area contributed by atoms with Gasteiger partial charge in [0.05, 0.1) is 0 Å². The lowest BCUT2D eigenvalue weighted by Crippen LogP contribution is -2.37. The fourth-order valence-electron chi connectivity index (χ4n) is 2.25. The number of nitrogens with zero attached hydrogens (tertiary/aromatic N) is 1. The van der Waals surface area contributed by atoms with E-state index < -0.39 is 0 Å². The molecule has 0 radical (unpaired) electrons. The van der Waals surface area contributed by atoms with E-state index in [4.69, 9.17) is 5.84 Å². The lowest BCUT2D eigenvalue weighted by atomic mass is 9.87. The lowest BCUT2D eigenvalue weighted by molar-refractivity contribution is 0.156. The molecule has 0 spiro atoms. The third kappa shape index (κ3) is 3.95. The topological polar surface area (TPSA) is 41.3 Å². The van der Waals surface area contributed by atoms with Gasteiger partial charge in [0.25, 0.3) is 0 Å². The first-order valence-electron chi connectivity index (χ1n) is 5.90. The number of rotatable bonds is 5. The Kier molecular flexibility index (Phi) is 5.45. The molecule has 1 aliphatic heterocycles. The van der Waals surface area contributed by atoms with Crippen LogP contribution in [0.15, 0.2) is 0 Å². The Balaban J connectivity index is 2.09. The highest BCUT2D eigenvalue weighted by Crippen LogP contribution is 2.24. The van der Waals surface area contributed by atoms with Crippen molar-refractivity contribution < 1.29 is 0 Å². The summed E-state index contributed by atoms with van der Waals surface area (Å²) in [7, 11) is 0. The molecule has 0 bridgehead atoms. The van der Waals surface area contributed by atoms with Crippen LogP contribution in [0.3, 0.4) is 0 Å². The van der Waals surface area contributed by atoms with Gasteiger partial charge in [0.1, 0.15) is 0 Å². The van der Waals surface area contributed by atoms with Crippen molar-refractivity contribution in [3.63, 3.8) is 0 Å². The maximum atomic E-state index is 5.24. The molecule has 0 atom stereocenters. The van der Waals surface area contributed by atoms with E-state index in [1.165, 1.54) is 38.9 Å². The molecule has 0 saturated carbocycles. The molecular formula is C11H25N3. The standard InChI is InChI=1S/C11H25N3/c1-10(2)11-4-8-14(9-5-11)7-3-6-13-12/h10-11,13H,3-9,12H2,1-2H3. The quantitative estimate of drug-likeness (QED) is 0.397. The fourth-order valence-corrected chi connectivity index (χ4v) is 2.25. The lowest BCUT2D eigenvalue weighted by Gasteiger charge is -2.33. The molecule has 1 rings (SSSR count). The van der Waals surface area contributed by atoms with Crippen LogP contribution in [0.2, 0.25) is 0 Å². The molecule has 0 aromatic rings. The molecule has 0 amide bonds. The zero-order valence-corrected chi connectivity index (χ0v) is 9.63. The van der Waals surface area contributed by atoms with Gasteiger partial charge in [-0.15, -0.1) is 0 Å². The van der Waals surface area contributed by atoms with Gasteiger partial charge in [-0.05, 0) is 50.7 Å². The Morgan fingerprint density at radius 2 is 2.00 bits per heavy atom. The van der Waals surface area contributed by atoms with Crippen LogP contribution in [0.25, 0.3) is 0 Å². The van der Waals surface area contributed by atoms with Gasteiger partial charge in [-0.2, -0.15) is 0 Å². The molecule has 1 heterocycles. The number of nitrogens with two attached hydrogens (primary N) is 1. The van der Waals surface area contributed by atoms with Crippen LogP contribution in [-0.2, 0) is 0 Å². The number of hydrazine groups is 1. The number of nitrogens with one attached hydrogen (secondary N) is 1. The zero-order chi connectivity index (χ0) is 10.4. The van der Waals surface area contributed by atoms with Crippen molar-refractivity contribution in [1.82, 2.24) is 10.3 Å². The van der Waals surface area contributed by atoms with Crippen molar-refractivity contribution in [3.05, 3.63) is 0 Å². The van der Waals surface area contributed by atoms with Crippen LogP contribution in [0.5, 0.6) is 0 Å². The molecule has 3 nitrogen and oxygen atoms in total. The van der Waals surface area contributed by atoms with Crippen molar-refractivity contribution in [2.45, 2.75) is 33.1 Å². The van der Waals surface area contributed by atoms with Gasteiger partial charge >= 0.3 is 0 Å². The maximum Gasteiger partial charge on any atom is 0.0110 e. The summed E-state index contributed by atoms with van der Waals surface area (Å²) in [4.78, 5) is 2.57. The van der Waals surface area contributed by atoms with Crippen molar-refractivity contribution in [2.24, 2.45) is 17.7 Å². The van der Waals surface area contributed by atoms with Crippen LogP contribution >= 0.6 is 0 Å². The highest BCUT2D eigenvalue weighted by molar-refractivity contribution is 4.74. The minimum Gasteiger partial charge on any atom is -0.303 e. The first kappa shape index (κ1) is 12.0. The van der Waals surface area contributed by atoms with E-state index in [-0.39, 0.29) is 0 Å². The monoisotopic (exact) mass is 199 g/mol. The van der Waals surface area contributed by atoms with E-state index in [2.05, 4.69) is 24.2 Å². The van der Waals surface area contributed by atoms with Gasteiger partial charge in [-0.1, -0.05) is 13.8 Å².